The summed E-state index contributed by atoms with van der Waals surface area (Å²) in [6.45, 7) is 5.08. The smallest absolute Gasteiger partial charge is 0.320 e. The van der Waals surface area contributed by atoms with Crippen molar-refractivity contribution in [2.24, 2.45) is 0 Å². The zero-order valence-electron chi connectivity index (χ0n) is 13.1. The first kappa shape index (κ1) is 16.3. The summed E-state index contributed by atoms with van der Waals surface area (Å²) in [6.07, 6.45) is 0. The van der Waals surface area contributed by atoms with E-state index in [4.69, 9.17) is 9.47 Å². The Balaban J connectivity index is 1.85. The zero-order chi connectivity index (χ0) is 15.9. The number of esters is 1. The second-order valence-corrected chi connectivity index (χ2v) is 5.10. The molecule has 1 aromatic rings. The third kappa shape index (κ3) is 4.21. The van der Waals surface area contributed by atoms with Crippen LogP contribution < -0.4 is 4.74 Å². The number of piperazine rings is 1. The van der Waals surface area contributed by atoms with Crippen molar-refractivity contribution in [3.8, 4) is 5.75 Å². The van der Waals surface area contributed by atoms with E-state index in [1.54, 1.807) is 38.3 Å². The predicted molar refractivity (Wildman–Crippen MR) is 82.0 cm³/mol. The van der Waals surface area contributed by atoms with Crippen LogP contribution in [0.4, 0.5) is 0 Å². The molecule has 6 nitrogen and oxygen atoms in total. The Morgan fingerprint density at radius 1 is 1.09 bits per heavy atom. The number of carbonyl (C=O) groups excluding carboxylic acids is 2. The molecule has 1 aromatic carbocycles. The molecule has 22 heavy (non-hydrogen) atoms. The predicted octanol–water partition coefficient (Wildman–Crippen LogP) is 1.02. The fourth-order valence-corrected chi connectivity index (χ4v) is 2.41. The topological polar surface area (TPSA) is 59.1 Å². The van der Waals surface area contributed by atoms with Crippen molar-refractivity contribution in [2.45, 2.75) is 6.92 Å². The van der Waals surface area contributed by atoms with Crippen molar-refractivity contribution < 1.29 is 19.1 Å². The van der Waals surface area contributed by atoms with Gasteiger partial charge in [-0.05, 0) is 31.2 Å². The van der Waals surface area contributed by atoms with Gasteiger partial charge >= 0.3 is 5.97 Å². The highest BCUT2D eigenvalue weighted by atomic mass is 16.5. The third-order valence-corrected chi connectivity index (χ3v) is 3.65. The summed E-state index contributed by atoms with van der Waals surface area (Å²) in [7, 11) is 1.60. The number of rotatable bonds is 5. The Hall–Kier alpha value is -2.08. The van der Waals surface area contributed by atoms with Gasteiger partial charge in [0.25, 0.3) is 5.91 Å². The first-order valence-electron chi connectivity index (χ1n) is 7.45. The van der Waals surface area contributed by atoms with Gasteiger partial charge in [-0.3, -0.25) is 14.5 Å². The minimum Gasteiger partial charge on any atom is -0.497 e. The molecule has 2 rings (SSSR count). The zero-order valence-corrected chi connectivity index (χ0v) is 13.1. The number of hydrogen-bond acceptors (Lipinski definition) is 5. The molecule has 0 aliphatic carbocycles. The summed E-state index contributed by atoms with van der Waals surface area (Å²) in [5, 5.41) is 0. The summed E-state index contributed by atoms with van der Waals surface area (Å²) in [4.78, 5) is 27.7. The maximum absolute atomic E-state index is 12.4. The number of amides is 1. The van der Waals surface area contributed by atoms with E-state index in [9.17, 15) is 9.59 Å². The van der Waals surface area contributed by atoms with Gasteiger partial charge in [-0.25, -0.2) is 0 Å². The van der Waals surface area contributed by atoms with E-state index in [1.165, 1.54) is 0 Å². The second-order valence-electron chi connectivity index (χ2n) is 5.10. The van der Waals surface area contributed by atoms with E-state index >= 15 is 0 Å². The Bertz CT molecular complexity index is 507. The highest BCUT2D eigenvalue weighted by Gasteiger charge is 2.23. The minimum absolute atomic E-state index is 0.0124. The Labute approximate surface area is 130 Å². The van der Waals surface area contributed by atoms with Gasteiger partial charge < -0.3 is 14.4 Å². The lowest BCUT2D eigenvalue weighted by molar-refractivity contribution is -0.144. The molecule has 0 aromatic heterocycles. The molecule has 0 N–H and O–H groups in total. The number of methoxy groups -OCH3 is 1. The van der Waals surface area contributed by atoms with Gasteiger partial charge in [0, 0.05) is 31.7 Å². The quantitative estimate of drug-likeness (QED) is 0.760. The van der Waals surface area contributed by atoms with Gasteiger partial charge in [0.05, 0.1) is 20.3 Å². The summed E-state index contributed by atoms with van der Waals surface area (Å²) >= 11 is 0. The summed E-state index contributed by atoms with van der Waals surface area (Å²) < 4.78 is 10.0. The van der Waals surface area contributed by atoms with E-state index in [0.717, 1.165) is 5.75 Å². The molecule has 0 bridgehead atoms. The van der Waals surface area contributed by atoms with Crippen LogP contribution in [0.3, 0.4) is 0 Å². The first-order chi connectivity index (χ1) is 10.6. The summed E-state index contributed by atoms with van der Waals surface area (Å²) in [5.74, 6) is 0.534. The molecular formula is C16H22N2O4. The van der Waals surface area contributed by atoms with E-state index in [-0.39, 0.29) is 11.9 Å². The van der Waals surface area contributed by atoms with Gasteiger partial charge in [-0.15, -0.1) is 0 Å². The van der Waals surface area contributed by atoms with E-state index in [0.29, 0.717) is 44.9 Å². The van der Waals surface area contributed by atoms with Crippen LogP contribution in [0.5, 0.6) is 5.75 Å². The average molecular weight is 306 g/mol. The van der Waals surface area contributed by atoms with Crippen molar-refractivity contribution in [2.75, 3.05) is 46.4 Å². The largest absolute Gasteiger partial charge is 0.497 e. The van der Waals surface area contributed by atoms with Gasteiger partial charge in [-0.1, -0.05) is 0 Å². The summed E-state index contributed by atoms with van der Waals surface area (Å²) in [5.41, 5.74) is 0.652. The van der Waals surface area contributed by atoms with Gasteiger partial charge in [-0.2, -0.15) is 0 Å². The van der Waals surface area contributed by atoms with Gasteiger partial charge in [0.15, 0.2) is 0 Å². The number of hydrogen-bond donors (Lipinski definition) is 0. The lowest BCUT2D eigenvalue weighted by atomic mass is 10.1. The van der Waals surface area contributed by atoms with Crippen LogP contribution in [-0.4, -0.2) is 68.1 Å². The normalized spacial score (nSPS) is 15.5. The van der Waals surface area contributed by atoms with Crippen LogP contribution in [0.1, 0.15) is 17.3 Å². The maximum atomic E-state index is 12.4. The fourth-order valence-electron chi connectivity index (χ4n) is 2.41. The van der Waals surface area contributed by atoms with Crippen molar-refractivity contribution >= 4 is 11.9 Å². The molecule has 0 radical (unpaired) electrons. The monoisotopic (exact) mass is 306 g/mol. The van der Waals surface area contributed by atoms with Crippen LogP contribution in [-0.2, 0) is 9.53 Å². The molecule has 6 heteroatoms. The number of carbonyl (C=O) groups is 2. The lowest BCUT2D eigenvalue weighted by Crippen LogP contribution is -2.50. The molecule has 0 atom stereocenters. The highest BCUT2D eigenvalue weighted by Crippen LogP contribution is 2.14. The Kier molecular flexibility index (Phi) is 5.77. The highest BCUT2D eigenvalue weighted by molar-refractivity contribution is 5.94. The van der Waals surface area contributed by atoms with Crippen LogP contribution in [0.25, 0.3) is 0 Å². The van der Waals surface area contributed by atoms with Crippen LogP contribution in [0.2, 0.25) is 0 Å². The molecule has 1 saturated heterocycles. The van der Waals surface area contributed by atoms with E-state index < -0.39 is 0 Å². The Morgan fingerprint density at radius 3 is 2.27 bits per heavy atom. The van der Waals surface area contributed by atoms with Crippen LogP contribution in [0.15, 0.2) is 24.3 Å². The number of nitrogens with zero attached hydrogens (tertiary/aromatic N) is 2. The minimum atomic E-state index is -0.211. The SMILES string of the molecule is CCOC(=O)CN1CCN(C(=O)c2ccc(OC)cc2)CC1. The molecule has 0 saturated carbocycles. The molecule has 120 valence electrons. The van der Waals surface area contributed by atoms with Gasteiger partial charge in [0.1, 0.15) is 5.75 Å². The number of ether oxygens (including phenoxy) is 2. The first-order valence-corrected chi connectivity index (χ1v) is 7.45. The van der Waals surface area contributed by atoms with E-state index in [2.05, 4.69) is 0 Å². The van der Waals surface area contributed by atoms with Crippen LogP contribution in [0, 0.1) is 0 Å². The summed E-state index contributed by atoms with van der Waals surface area (Å²) in [6, 6.07) is 7.10. The van der Waals surface area contributed by atoms with Crippen molar-refractivity contribution in [3.05, 3.63) is 29.8 Å². The van der Waals surface area contributed by atoms with E-state index in [1.807, 2.05) is 9.80 Å². The Morgan fingerprint density at radius 2 is 1.73 bits per heavy atom. The molecule has 1 amide bonds. The lowest BCUT2D eigenvalue weighted by Gasteiger charge is -2.34. The fraction of sp³-hybridized carbons (Fsp3) is 0.500. The van der Waals surface area contributed by atoms with Crippen molar-refractivity contribution in [1.82, 2.24) is 9.80 Å². The molecular weight excluding hydrogens is 284 g/mol. The maximum Gasteiger partial charge on any atom is 0.320 e. The average Bonchev–Trinajstić information content (AvgIpc) is 2.55. The third-order valence-electron chi connectivity index (χ3n) is 3.65. The molecule has 1 aliphatic rings. The van der Waals surface area contributed by atoms with Gasteiger partial charge in [0.2, 0.25) is 0 Å². The molecule has 1 fully saturated rings. The molecule has 0 spiro atoms. The standard InChI is InChI=1S/C16H22N2O4/c1-3-22-15(19)12-17-8-10-18(11-9-17)16(20)13-4-6-14(21-2)7-5-13/h4-7H,3,8-12H2,1-2H3. The molecule has 1 aliphatic heterocycles. The second kappa shape index (κ2) is 7.79. The van der Waals surface area contributed by atoms with Crippen molar-refractivity contribution in [3.63, 3.8) is 0 Å². The molecule has 0 unspecified atom stereocenters. The van der Waals surface area contributed by atoms with Crippen molar-refractivity contribution in [1.29, 1.82) is 0 Å². The molecule has 1 heterocycles. The van der Waals surface area contributed by atoms with Crippen LogP contribution >= 0.6 is 0 Å². The number of benzene rings is 1.